The largest absolute Gasteiger partial charge is 0.494 e. The summed E-state index contributed by atoms with van der Waals surface area (Å²) in [5, 5.41) is 2.80. The van der Waals surface area contributed by atoms with Crippen LogP contribution in [-0.2, 0) is 19.4 Å². The third-order valence-electron chi connectivity index (χ3n) is 4.06. The number of fused-ring (bicyclic) bond motifs is 1. The van der Waals surface area contributed by atoms with Gasteiger partial charge in [0.05, 0.1) is 6.61 Å². The Hall–Kier alpha value is -2.56. The number of benzene rings is 1. The molecule has 2 N–H and O–H groups in total. The van der Waals surface area contributed by atoms with Crippen LogP contribution in [-0.4, -0.2) is 17.5 Å². The molecule has 0 spiro atoms. The van der Waals surface area contributed by atoms with Crippen LogP contribution in [0.1, 0.15) is 40.5 Å². The third kappa shape index (κ3) is 3.28. The van der Waals surface area contributed by atoms with Crippen molar-refractivity contribution in [1.82, 2.24) is 10.3 Å². The van der Waals surface area contributed by atoms with Gasteiger partial charge in [-0.1, -0.05) is 12.1 Å². The summed E-state index contributed by atoms with van der Waals surface area (Å²) in [6.45, 7) is 2.93. The van der Waals surface area contributed by atoms with Crippen LogP contribution in [0.5, 0.6) is 5.75 Å². The van der Waals surface area contributed by atoms with Gasteiger partial charge in [0.2, 0.25) is 0 Å². The molecule has 0 saturated heterocycles. The van der Waals surface area contributed by atoms with Gasteiger partial charge in [-0.15, -0.1) is 0 Å². The number of carbonyl (C=O) groups is 1. The van der Waals surface area contributed by atoms with E-state index in [0.717, 1.165) is 41.8 Å². The van der Waals surface area contributed by atoms with Crippen LogP contribution in [0, 0.1) is 0 Å². The van der Waals surface area contributed by atoms with Crippen LogP contribution < -0.4 is 15.5 Å². The average molecular weight is 312 g/mol. The Kier molecular flexibility index (Phi) is 4.46. The Morgan fingerprint density at radius 3 is 2.78 bits per heavy atom. The van der Waals surface area contributed by atoms with Gasteiger partial charge < -0.3 is 15.0 Å². The number of aryl methyl sites for hydroxylation is 1. The molecule has 2 aromatic rings. The highest BCUT2D eigenvalue weighted by Crippen LogP contribution is 2.16. The molecule has 0 aliphatic heterocycles. The molecule has 1 aromatic carbocycles. The Balaban J connectivity index is 1.67. The van der Waals surface area contributed by atoms with Crippen LogP contribution in [0.25, 0.3) is 0 Å². The molecule has 5 heteroatoms. The van der Waals surface area contributed by atoms with E-state index in [1.54, 1.807) is 0 Å². The highest BCUT2D eigenvalue weighted by Gasteiger charge is 2.19. The molecule has 1 aromatic heterocycles. The maximum Gasteiger partial charge on any atom is 0.257 e. The smallest absolute Gasteiger partial charge is 0.257 e. The van der Waals surface area contributed by atoms with E-state index >= 15 is 0 Å². The third-order valence-corrected chi connectivity index (χ3v) is 4.06. The Morgan fingerprint density at radius 1 is 1.26 bits per heavy atom. The zero-order valence-corrected chi connectivity index (χ0v) is 13.1. The van der Waals surface area contributed by atoms with E-state index in [0.29, 0.717) is 13.2 Å². The molecule has 0 unspecified atom stereocenters. The average Bonchev–Trinajstić information content (AvgIpc) is 3.04. The molecule has 5 nitrogen and oxygen atoms in total. The highest BCUT2D eigenvalue weighted by atomic mass is 16.5. The molecule has 1 amide bonds. The predicted octanol–water partition coefficient (Wildman–Crippen LogP) is 2.19. The van der Waals surface area contributed by atoms with Crippen molar-refractivity contribution in [2.75, 3.05) is 6.61 Å². The van der Waals surface area contributed by atoms with E-state index in [1.807, 2.05) is 31.2 Å². The molecule has 23 heavy (non-hydrogen) atoms. The maximum absolute atomic E-state index is 12.3. The lowest BCUT2D eigenvalue weighted by Crippen LogP contribution is -2.29. The zero-order chi connectivity index (χ0) is 16.2. The second kappa shape index (κ2) is 6.69. The number of hydrogen-bond donors (Lipinski definition) is 2. The summed E-state index contributed by atoms with van der Waals surface area (Å²) in [7, 11) is 0. The first kappa shape index (κ1) is 15.3. The number of aromatic nitrogens is 1. The van der Waals surface area contributed by atoms with Gasteiger partial charge in [-0.25, -0.2) is 0 Å². The molecule has 0 bridgehead atoms. The van der Waals surface area contributed by atoms with Gasteiger partial charge >= 0.3 is 0 Å². The number of pyridine rings is 1. The fraction of sp³-hybridized carbons (Fsp3) is 0.333. The molecule has 1 heterocycles. The van der Waals surface area contributed by atoms with Gasteiger partial charge in [-0.3, -0.25) is 9.59 Å². The lowest BCUT2D eigenvalue weighted by atomic mass is 10.1. The van der Waals surface area contributed by atoms with Crippen molar-refractivity contribution in [3.05, 3.63) is 63.1 Å². The van der Waals surface area contributed by atoms with Crippen molar-refractivity contribution in [2.45, 2.75) is 32.7 Å². The molecular weight excluding hydrogens is 292 g/mol. The van der Waals surface area contributed by atoms with Gasteiger partial charge in [0, 0.05) is 24.0 Å². The van der Waals surface area contributed by atoms with Gasteiger partial charge in [-0.2, -0.15) is 0 Å². The number of amides is 1. The van der Waals surface area contributed by atoms with E-state index in [-0.39, 0.29) is 16.9 Å². The molecule has 1 aliphatic carbocycles. The molecule has 3 rings (SSSR count). The van der Waals surface area contributed by atoms with E-state index in [9.17, 15) is 9.59 Å². The minimum Gasteiger partial charge on any atom is -0.494 e. The maximum atomic E-state index is 12.3. The Bertz CT molecular complexity index is 763. The topological polar surface area (TPSA) is 71.2 Å². The number of H-pyrrole nitrogens is 1. The zero-order valence-electron chi connectivity index (χ0n) is 13.1. The van der Waals surface area contributed by atoms with Gasteiger partial charge in [0.15, 0.2) is 5.43 Å². The van der Waals surface area contributed by atoms with Crippen molar-refractivity contribution >= 4 is 5.91 Å². The monoisotopic (exact) mass is 312 g/mol. The summed E-state index contributed by atoms with van der Waals surface area (Å²) in [5.74, 6) is 0.465. The second-order valence-electron chi connectivity index (χ2n) is 5.60. The second-order valence-corrected chi connectivity index (χ2v) is 5.60. The summed E-state index contributed by atoms with van der Waals surface area (Å²) < 4.78 is 5.38. The SMILES string of the molecule is CCOc1ccc(CNC(=O)c2c[nH]c3c(c2=O)CCC3)cc1. The number of hydrogen-bond acceptors (Lipinski definition) is 3. The van der Waals surface area contributed by atoms with Gasteiger partial charge in [0.1, 0.15) is 11.3 Å². The molecular formula is C18H20N2O3. The van der Waals surface area contributed by atoms with E-state index in [2.05, 4.69) is 10.3 Å². The number of ether oxygens (including phenoxy) is 1. The van der Waals surface area contributed by atoms with Crippen molar-refractivity contribution in [2.24, 2.45) is 0 Å². The van der Waals surface area contributed by atoms with Gasteiger partial charge in [-0.05, 0) is 43.9 Å². The van der Waals surface area contributed by atoms with Crippen molar-refractivity contribution in [3.63, 3.8) is 0 Å². The number of rotatable bonds is 5. The molecule has 0 fully saturated rings. The van der Waals surface area contributed by atoms with Crippen LogP contribution in [0.15, 0.2) is 35.3 Å². The van der Waals surface area contributed by atoms with Crippen LogP contribution >= 0.6 is 0 Å². The first-order chi connectivity index (χ1) is 11.2. The van der Waals surface area contributed by atoms with E-state index in [1.165, 1.54) is 6.20 Å². The molecule has 1 aliphatic rings. The minimum absolute atomic E-state index is 0.138. The van der Waals surface area contributed by atoms with Crippen molar-refractivity contribution in [3.8, 4) is 5.75 Å². The molecule has 0 atom stereocenters. The van der Waals surface area contributed by atoms with Crippen LogP contribution in [0.4, 0.5) is 0 Å². The number of nitrogens with one attached hydrogen (secondary N) is 2. The quantitative estimate of drug-likeness (QED) is 0.889. The minimum atomic E-state index is -0.338. The van der Waals surface area contributed by atoms with Crippen molar-refractivity contribution < 1.29 is 9.53 Å². The first-order valence-electron chi connectivity index (χ1n) is 7.92. The van der Waals surface area contributed by atoms with Crippen LogP contribution in [0.2, 0.25) is 0 Å². The number of aromatic amines is 1. The fourth-order valence-corrected chi connectivity index (χ4v) is 2.86. The van der Waals surface area contributed by atoms with E-state index in [4.69, 9.17) is 4.74 Å². The van der Waals surface area contributed by atoms with E-state index < -0.39 is 0 Å². The summed E-state index contributed by atoms with van der Waals surface area (Å²) in [4.78, 5) is 27.7. The lowest BCUT2D eigenvalue weighted by molar-refractivity contribution is 0.0949. The van der Waals surface area contributed by atoms with Crippen molar-refractivity contribution in [1.29, 1.82) is 0 Å². The number of carbonyl (C=O) groups excluding carboxylic acids is 1. The summed E-state index contributed by atoms with van der Waals surface area (Å²) >= 11 is 0. The summed E-state index contributed by atoms with van der Waals surface area (Å²) in [6.07, 6.45) is 4.14. The molecule has 120 valence electrons. The normalized spacial score (nSPS) is 12.7. The van der Waals surface area contributed by atoms with Gasteiger partial charge in [0.25, 0.3) is 5.91 Å². The predicted molar refractivity (Wildman–Crippen MR) is 87.9 cm³/mol. The Morgan fingerprint density at radius 2 is 2.04 bits per heavy atom. The molecule has 0 radical (unpaired) electrons. The Labute approximate surface area is 134 Å². The summed E-state index contributed by atoms with van der Waals surface area (Å²) in [6, 6.07) is 7.54. The molecule has 0 saturated carbocycles. The lowest BCUT2D eigenvalue weighted by Gasteiger charge is -2.08. The highest BCUT2D eigenvalue weighted by molar-refractivity contribution is 5.94. The standard InChI is InChI=1S/C18H20N2O3/c1-2-23-13-8-6-12(7-9-13)10-20-18(22)15-11-19-16-5-3-4-14(16)17(15)21/h6-9,11H,2-5,10H2,1H3,(H,19,21)(H,20,22). The first-order valence-corrected chi connectivity index (χ1v) is 7.92. The summed E-state index contributed by atoms with van der Waals surface area (Å²) in [5.41, 5.74) is 2.74. The van der Waals surface area contributed by atoms with Crippen LogP contribution in [0.3, 0.4) is 0 Å². The fourth-order valence-electron chi connectivity index (χ4n) is 2.86.